The second kappa shape index (κ2) is 5.55. The lowest BCUT2D eigenvalue weighted by Crippen LogP contribution is -2.11. The van der Waals surface area contributed by atoms with Gasteiger partial charge in [-0.3, -0.25) is 0 Å². The van der Waals surface area contributed by atoms with Crippen molar-refractivity contribution in [3.63, 3.8) is 0 Å². The Morgan fingerprint density at radius 1 is 0.760 bits per heavy atom. The van der Waals surface area contributed by atoms with Gasteiger partial charge in [-0.05, 0) is 18.4 Å². The molecule has 0 unspecified atom stereocenters. The molecule has 124 valence electrons. The van der Waals surface area contributed by atoms with Crippen LogP contribution in [0.2, 0.25) is 0 Å². The molecule has 3 aromatic carbocycles. The van der Waals surface area contributed by atoms with Crippen molar-refractivity contribution in [3.8, 4) is 11.4 Å². The van der Waals surface area contributed by atoms with Crippen LogP contribution in [0.15, 0.2) is 60.7 Å². The van der Waals surface area contributed by atoms with Gasteiger partial charge in [0.05, 0.1) is 5.52 Å². The van der Waals surface area contributed by atoms with E-state index in [1.807, 2.05) is 31.2 Å². The van der Waals surface area contributed by atoms with E-state index >= 15 is 0 Å². The molecular weight excluding hydrogens is 325 g/mol. The van der Waals surface area contributed by atoms with Crippen LogP contribution in [0.3, 0.4) is 0 Å². The van der Waals surface area contributed by atoms with Crippen LogP contribution in [0, 0.1) is 6.92 Å². The average molecular weight is 338 g/mol. The number of nitrogens with zero attached hydrogens (tertiary/aromatic N) is 2. The van der Waals surface area contributed by atoms with Crippen molar-refractivity contribution in [1.29, 1.82) is 0 Å². The second-order valence-electron chi connectivity index (χ2n) is 5.94. The van der Waals surface area contributed by atoms with Gasteiger partial charge in [-0.15, -0.1) is 0 Å². The Balaban J connectivity index is 2.11. The van der Waals surface area contributed by atoms with Crippen LogP contribution < -0.4 is 0 Å². The Labute approximate surface area is 142 Å². The summed E-state index contributed by atoms with van der Waals surface area (Å²) >= 11 is 0. The Hall–Kier alpha value is -2.95. The number of hydrogen-bond acceptors (Lipinski definition) is 2. The van der Waals surface area contributed by atoms with Crippen molar-refractivity contribution in [3.05, 3.63) is 71.9 Å². The fraction of sp³-hybridized carbons (Fsp3) is 0.100. The van der Waals surface area contributed by atoms with E-state index in [-0.39, 0.29) is 11.2 Å². The molecule has 0 saturated carbocycles. The Morgan fingerprint density at radius 2 is 1.48 bits per heavy atom. The molecule has 25 heavy (non-hydrogen) atoms. The minimum Gasteiger partial charge on any atom is -0.227 e. The van der Waals surface area contributed by atoms with E-state index in [0.717, 1.165) is 10.9 Å². The minimum absolute atomic E-state index is 0.0158. The summed E-state index contributed by atoms with van der Waals surface area (Å²) in [6.07, 6.45) is -4.55. The summed E-state index contributed by atoms with van der Waals surface area (Å²) in [6, 6.07) is 17.5. The predicted octanol–water partition coefficient (Wildman–Crippen LogP) is 5.78. The number of fused-ring (bicyclic) bond motifs is 3. The van der Waals surface area contributed by atoms with Gasteiger partial charge in [0.1, 0.15) is 0 Å². The Bertz CT molecular complexity index is 1080. The van der Waals surface area contributed by atoms with Gasteiger partial charge in [-0.1, -0.05) is 60.2 Å². The molecule has 0 aliphatic carbocycles. The van der Waals surface area contributed by atoms with Gasteiger partial charge < -0.3 is 0 Å². The average Bonchev–Trinajstić information content (AvgIpc) is 2.60. The van der Waals surface area contributed by atoms with Gasteiger partial charge >= 0.3 is 6.18 Å². The molecule has 1 aromatic heterocycles. The van der Waals surface area contributed by atoms with E-state index in [1.165, 1.54) is 6.07 Å². The van der Waals surface area contributed by atoms with Crippen LogP contribution in [0.25, 0.3) is 33.1 Å². The van der Waals surface area contributed by atoms with Gasteiger partial charge in [-0.2, -0.15) is 13.2 Å². The molecule has 0 amide bonds. The zero-order chi connectivity index (χ0) is 17.6. The summed E-state index contributed by atoms with van der Waals surface area (Å²) in [5, 5.41) is 1.54. The Morgan fingerprint density at radius 3 is 2.20 bits per heavy atom. The SMILES string of the molecule is Cc1ccc(-c2nc(C(F)(F)F)c3ccc4ccccc4c3n2)cc1. The van der Waals surface area contributed by atoms with Crippen LogP contribution in [-0.4, -0.2) is 9.97 Å². The standard InChI is InChI=1S/C20H13F3N2/c1-12-6-8-14(9-7-12)19-24-17-15-5-3-2-4-13(15)10-11-16(17)18(25-19)20(21,22)23/h2-11H,1H3. The molecule has 4 aromatic rings. The van der Waals surface area contributed by atoms with Crippen molar-refractivity contribution in [2.45, 2.75) is 13.1 Å². The molecule has 2 nitrogen and oxygen atoms in total. The van der Waals surface area contributed by atoms with E-state index in [9.17, 15) is 13.2 Å². The zero-order valence-corrected chi connectivity index (χ0v) is 13.3. The third-order valence-corrected chi connectivity index (χ3v) is 4.17. The molecule has 0 aliphatic rings. The fourth-order valence-electron chi connectivity index (χ4n) is 2.91. The maximum atomic E-state index is 13.6. The molecule has 0 radical (unpaired) electrons. The summed E-state index contributed by atoms with van der Waals surface area (Å²) in [5.74, 6) is 0.0798. The van der Waals surface area contributed by atoms with Crippen molar-refractivity contribution < 1.29 is 13.2 Å². The largest absolute Gasteiger partial charge is 0.434 e. The lowest BCUT2D eigenvalue weighted by molar-refractivity contribution is -0.139. The smallest absolute Gasteiger partial charge is 0.227 e. The number of alkyl halides is 3. The van der Waals surface area contributed by atoms with Gasteiger partial charge in [0.25, 0.3) is 0 Å². The summed E-state index contributed by atoms with van der Waals surface area (Å²) in [6.45, 7) is 1.92. The van der Waals surface area contributed by atoms with Crippen LogP contribution in [0.1, 0.15) is 11.3 Å². The minimum atomic E-state index is -4.55. The topological polar surface area (TPSA) is 25.8 Å². The molecule has 0 aliphatic heterocycles. The first-order valence-electron chi connectivity index (χ1n) is 7.77. The lowest BCUT2D eigenvalue weighted by atomic mass is 10.0. The molecule has 4 rings (SSSR count). The van der Waals surface area contributed by atoms with Gasteiger partial charge in [-0.25, -0.2) is 9.97 Å². The maximum Gasteiger partial charge on any atom is 0.434 e. The van der Waals surface area contributed by atoms with Crippen LogP contribution in [-0.2, 0) is 6.18 Å². The number of hydrogen-bond donors (Lipinski definition) is 0. The van der Waals surface area contributed by atoms with Crippen molar-refractivity contribution in [2.75, 3.05) is 0 Å². The van der Waals surface area contributed by atoms with Gasteiger partial charge in [0.2, 0.25) is 0 Å². The molecule has 0 fully saturated rings. The molecule has 0 spiro atoms. The zero-order valence-electron chi connectivity index (χ0n) is 13.3. The fourth-order valence-corrected chi connectivity index (χ4v) is 2.91. The van der Waals surface area contributed by atoms with Gasteiger partial charge in [0, 0.05) is 16.3 Å². The summed E-state index contributed by atoms with van der Waals surface area (Å²) in [4.78, 5) is 8.31. The van der Waals surface area contributed by atoms with Crippen molar-refractivity contribution in [2.24, 2.45) is 0 Å². The molecule has 5 heteroatoms. The van der Waals surface area contributed by atoms with E-state index in [2.05, 4.69) is 9.97 Å². The third kappa shape index (κ3) is 2.71. The van der Waals surface area contributed by atoms with E-state index < -0.39 is 11.9 Å². The molecule has 0 N–H and O–H groups in total. The van der Waals surface area contributed by atoms with E-state index in [0.29, 0.717) is 16.5 Å². The first kappa shape index (κ1) is 15.6. The molecular formula is C20H13F3N2. The van der Waals surface area contributed by atoms with Crippen molar-refractivity contribution in [1.82, 2.24) is 9.97 Å². The predicted molar refractivity (Wildman–Crippen MR) is 92.2 cm³/mol. The van der Waals surface area contributed by atoms with E-state index in [4.69, 9.17) is 0 Å². The van der Waals surface area contributed by atoms with Crippen LogP contribution in [0.4, 0.5) is 13.2 Å². The van der Waals surface area contributed by atoms with Crippen molar-refractivity contribution >= 4 is 21.7 Å². The summed E-state index contributed by atoms with van der Waals surface area (Å²) in [5.41, 5.74) is 0.992. The lowest BCUT2D eigenvalue weighted by Gasteiger charge is -2.13. The van der Waals surface area contributed by atoms with Crippen LogP contribution in [0.5, 0.6) is 0 Å². The summed E-state index contributed by atoms with van der Waals surface area (Å²) < 4.78 is 40.8. The second-order valence-corrected chi connectivity index (χ2v) is 5.94. The van der Waals surface area contributed by atoms with Gasteiger partial charge in [0.15, 0.2) is 11.5 Å². The number of halogens is 3. The highest BCUT2D eigenvalue weighted by Gasteiger charge is 2.35. The third-order valence-electron chi connectivity index (χ3n) is 4.17. The quantitative estimate of drug-likeness (QED) is 0.411. The molecule has 0 atom stereocenters. The van der Waals surface area contributed by atoms with E-state index in [1.54, 1.807) is 30.3 Å². The number of rotatable bonds is 1. The number of benzene rings is 3. The molecule has 0 saturated heterocycles. The highest BCUT2D eigenvalue weighted by atomic mass is 19.4. The number of aromatic nitrogens is 2. The van der Waals surface area contributed by atoms with Crippen LogP contribution >= 0.6 is 0 Å². The molecule has 0 bridgehead atoms. The highest BCUT2D eigenvalue weighted by molar-refractivity contribution is 6.06. The first-order chi connectivity index (χ1) is 11.9. The monoisotopic (exact) mass is 338 g/mol. The first-order valence-corrected chi connectivity index (χ1v) is 7.77. The highest BCUT2D eigenvalue weighted by Crippen LogP contribution is 2.36. The molecule has 1 heterocycles. The normalized spacial score (nSPS) is 12.0. The summed E-state index contributed by atoms with van der Waals surface area (Å²) in [7, 11) is 0. The maximum absolute atomic E-state index is 13.6. The Kier molecular flexibility index (Phi) is 3.46. The number of aryl methyl sites for hydroxylation is 1.